The minimum atomic E-state index is -3.00. The molecule has 3 amide bonds. The molecule has 0 saturated carbocycles. The summed E-state index contributed by atoms with van der Waals surface area (Å²) < 4.78 is 29.3. The fourth-order valence-electron chi connectivity index (χ4n) is 2.61. The summed E-state index contributed by atoms with van der Waals surface area (Å²) in [5.74, 6) is -0.679. The lowest BCUT2D eigenvalue weighted by atomic mass is 9.92. The van der Waals surface area contributed by atoms with Crippen LogP contribution in [-0.2, 0) is 10.3 Å². The van der Waals surface area contributed by atoms with Gasteiger partial charge in [-0.15, -0.1) is 5.01 Å². The molecule has 6 nitrogen and oxygen atoms in total. The van der Waals surface area contributed by atoms with E-state index in [1.807, 2.05) is 0 Å². The van der Waals surface area contributed by atoms with Crippen LogP contribution in [0.5, 0.6) is 5.75 Å². The average Bonchev–Trinajstić information content (AvgIpc) is 2.85. The zero-order valence-electron chi connectivity index (χ0n) is 13.7. The van der Waals surface area contributed by atoms with E-state index in [0.717, 1.165) is 6.21 Å². The van der Waals surface area contributed by atoms with E-state index in [1.165, 1.54) is 18.2 Å². The highest BCUT2D eigenvalue weighted by molar-refractivity contribution is 6.07. The number of hydrogen-bond acceptors (Lipinski definition) is 4. The number of carbonyl (C=O) groups excluding carboxylic acids is 2. The molecule has 0 radical (unpaired) electrons. The van der Waals surface area contributed by atoms with E-state index in [9.17, 15) is 18.4 Å². The Balaban J connectivity index is 1.86. The number of ether oxygens (including phenoxy) is 1. The van der Waals surface area contributed by atoms with Crippen molar-refractivity contribution >= 4 is 18.2 Å². The highest BCUT2D eigenvalue weighted by Gasteiger charge is 2.49. The molecule has 1 atom stereocenters. The Labute approximate surface area is 148 Å². The molecule has 0 aliphatic carbocycles. The maximum absolute atomic E-state index is 12.7. The predicted octanol–water partition coefficient (Wildman–Crippen LogP) is 3.09. The second-order valence-corrected chi connectivity index (χ2v) is 5.70. The van der Waals surface area contributed by atoms with Crippen molar-refractivity contribution in [3.63, 3.8) is 0 Å². The third kappa shape index (κ3) is 3.26. The molecule has 1 heterocycles. The first kappa shape index (κ1) is 17.5. The molecule has 1 saturated heterocycles. The number of benzene rings is 2. The highest BCUT2D eigenvalue weighted by Crippen LogP contribution is 2.29. The van der Waals surface area contributed by atoms with Crippen molar-refractivity contribution in [1.29, 1.82) is 0 Å². The topological polar surface area (TPSA) is 71.0 Å². The Bertz CT molecular complexity index is 858. The third-order valence-electron chi connectivity index (χ3n) is 3.97. The van der Waals surface area contributed by atoms with Gasteiger partial charge in [0.25, 0.3) is 5.91 Å². The third-order valence-corrected chi connectivity index (χ3v) is 3.97. The van der Waals surface area contributed by atoms with Gasteiger partial charge in [0.15, 0.2) is 0 Å². The predicted molar refractivity (Wildman–Crippen MR) is 89.8 cm³/mol. The van der Waals surface area contributed by atoms with Crippen LogP contribution in [-0.4, -0.2) is 29.8 Å². The van der Waals surface area contributed by atoms with Crippen LogP contribution in [0.25, 0.3) is 0 Å². The van der Waals surface area contributed by atoms with Gasteiger partial charge in [0.2, 0.25) is 0 Å². The molecule has 0 bridgehead atoms. The molecule has 2 aromatic carbocycles. The maximum atomic E-state index is 12.7. The molecule has 0 aromatic heterocycles. The van der Waals surface area contributed by atoms with Gasteiger partial charge < -0.3 is 10.1 Å². The van der Waals surface area contributed by atoms with E-state index < -0.39 is 24.1 Å². The summed E-state index contributed by atoms with van der Waals surface area (Å²) in [5, 5.41) is 7.14. The van der Waals surface area contributed by atoms with Gasteiger partial charge >= 0.3 is 12.6 Å². The monoisotopic (exact) mass is 359 g/mol. The number of para-hydroxylation sites is 1. The van der Waals surface area contributed by atoms with Crippen LogP contribution in [0.3, 0.4) is 0 Å². The van der Waals surface area contributed by atoms with Crippen molar-refractivity contribution in [2.75, 3.05) is 0 Å². The summed E-state index contributed by atoms with van der Waals surface area (Å²) in [4.78, 5) is 24.9. The zero-order chi connectivity index (χ0) is 18.7. The van der Waals surface area contributed by atoms with Crippen molar-refractivity contribution in [1.82, 2.24) is 10.3 Å². The van der Waals surface area contributed by atoms with E-state index in [1.54, 1.807) is 43.3 Å². The Morgan fingerprint density at radius 3 is 2.46 bits per heavy atom. The molecule has 26 heavy (non-hydrogen) atoms. The molecular formula is C18H15F2N3O3. The lowest BCUT2D eigenvalue weighted by molar-refractivity contribution is -0.131. The lowest BCUT2D eigenvalue weighted by Gasteiger charge is -2.20. The normalized spacial score (nSPS) is 20.1. The smallest absolute Gasteiger partial charge is 0.387 e. The standard InChI is InChI=1S/C18H15F2N3O3/c1-18(13-8-3-2-4-9-13)15(24)23(17(25)22-18)21-11-12-7-5-6-10-14(12)26-16(19)20/h2-11,16H,1H3,(H,22,25)/b21-11-/t18-/m0/s1. The minimum absolute atomic E-state index is 0.107. The largest absolute Gasteiger partial charge is 0.434 e. The summed E-state index contributed by atoms with van der Waals surface area (Å²) in [6, 6.07) is 14.0. The van der Waals surface area contributed by atoms with Crippen LogP contribution in [0.2, 0.25) is 0 Å². The number of amides is 3. The number of urea groups is 1. The number of hydrazone groups is 1. The van der Waals surface area contributed by atoms with Gasteiger partial charge in [0.1, 0.15) is 11.3 Å². The fourth-order valence-corrected chi connectivity index (χ4v) is 2.61. The Kier molecular flexibility index (Phi) is 4.66. The van der Waals surface area contributed by atoms with Gasteiger partial charge in [-0.05, 0) is 24.6 Å². The first-order valence-corrected chi connectivity index (χ1v) is 7.72. The summed E-state index contributed by atoms with van der Waals surface area (Å²) in [6.07, 6.45) is 1.13. The molecule has 0 unspecified atom stereocenters. The van der Waals surface area contributed by atoms with Gasteiger partial charge in [-0.2, -0.15) is 13.9 Å². The number of hydrogen-bond donors (Lipinski definition) is 1. The van der Waals surface area contributed by atoms with Crippen molar-refractivity contribution in [2.45, 2.75) is 19.1 Å². The van der Waals surface area contributed by atoms with Crippen LogP contribution in [0.1, 0.15) is 18.1 Å². The van der Waals surface area contributed by atoms with Crippen molar-refractivity contribution < 1.29 is 23.1 Å². The number of nitrogens with one attached hydrogen (secondary N) is 1. The van der Waals surface area contributed by atoms with E-state index in [-0.39, 0.29) is 11.3 Å². The quantitative estimate of drug-likeness (QED) is 0.659. The molecule has 3 rings (SSSR count). The second kappa shape index (κ2) is 6.91. The molecule has 2 aromatic rings. The number of halogens is 2. The molecular weight excluding hydrogens is 344 g/mol. The van der Waals surface area contributed by atoms with Crippen molar-refractivity contribution in [3.05, 3.63) is 65.7 Å². The number of alkyl halides is 2. The summed E-state index contributed by atoms with van der Waals surface area (Å²) in [6.45, 7) is -1.42. The minimum Gasteiger partial charge on any atom is -0.434 e. The highest BCUT2D eigenvalue weighted by atomic mass is 19.3. The van der Waals surface area contributed by atoms with Crippen LogP contribution < -0.4 is 10.1 Å². The second-order valence-electron chi connectivity index (χ2n) is 5.70. The molecule has 1 aliphatic heterocycles. The SMILES string of the molecule is C[C@@]1(c2ccccc2)NC(=O)N(/N=C\c2ccccc2OC(F)F)C1=O. The van der Waals surface area contributed by atoms with Gasteiger partial charge in [-0.3, -0.25) is 4.79 Å². The Morgan fingerprint density at radius 1 is 1.12 bits per heavy atom. The van der Waals surface area contributed by atoms with Crippen LogP contribution in [0.4, 0.5) is 13.6 Å². The van der Waals surface area contributed by atoms with Crippen molar-refractivity contribution in [3.8, 4) is 5.75 Å². The van der Waals surface area contributed by atoms with Gasteiger partial charge in [0, 0.05) is 5.56 Å². The van der Waals surface area contributed by atoms with Crippen molar-refractivity contribution in [2.24, 2.45) is 5.10 Å². The molecule has 8 heteroatoms. The van der Waals surface area contributed by atoms with E-state index in [0.29, 0.717) is 10.6 Å². The summed E-state index contributed by atoms with van der Waals surface area (Å²) in [7, 11) is 0. The molecule has 1 N–H and O–H groups in total. The van der Waals surface area contributed by atoms with Crippen LogP contribution in [0, 0.1) is 0 Å². The first-order valence-electron chi connectivity index (χ1n) is 7.72. The first-order chi connectivity index (χ1) is 12.4. The Hall–Kier alpha value is -3.29. The number of rotatable bonds is 5. The van der Waals surface area contributed by atoms with E-state index in [2.05, 4.69) is 15.2 Å². The summed E-state index contributed by atoms with van der Waals surface area (Å²) >= 11 is 0. The van der Waals surface area contributed by atoms with Gasteiger partial charge in [0.05, 0.1) is 6.21 Å². The number of nitrogens with zero attached hydrogens (tertiary/aromatic N) is 2. The number of imide groups is 1. The maximum Gasteiger partial charge on any atom is 0.387 e. The molecule has 134 valence electrons. The fraction of sp³-hybridized carbons (Fsp3) is 0.167. The van der Waals surface area contributed by atoms with Gasteiger partial charge in [-0.1, -0.05) is 42.5 Å². The van der Waals surface area contributed by atoms with E-state index in [4.69, 9.17) is 0 Å². The zero-order valence-corrected chi connectivity index (χ0v) is 13.7. The molecule has 0 spiro atoms. The average molecular weight is 359 g/mol. The summed E-state index contributed by atoms with van der Waals surface area (Å²) in [5.41, 5.74) is -0.437. The molecule has 1 fully saturated rings. The van der Waals surface area contributed by atoms with Crippen LogP contribution in [0.15, 0.2) is 59.7 Å². The van der Waals surface area contributed by atoms with E-state index >= 15 is 0 Å². The molecule has 1 aliphatic rings. The lowest BCUT2D eigenvalue weighted by Crippen LogP contribution is -2.40. The Morgan fingerprint density at radius 2 is 1.77 bits per heavy atom. The van der Waals surface area contributed by atoms with Crippen LogP contribution >= 0.6 is 0 Å². The van der Waals surface area contributed by atoms with Gasteiger partial charge in [-0.25, -0.2) is 4.79 Å². The number of carbonyl (C=O) groups is 2.